The average molecular weight is 395 g/mol. The van der Waals surface area contributed by atoms with Crippen molar-refractivity contribution in [2.45, 2.75) is 25.4 Å². The van der Waals surface area contributed by atoms with Crippen LogP contribution in [0.2, 0.25) is 0 Å². The Morgan fingerprint density at radius 2 is 2.07 bits per heavy atom. The van der Waals surface area contributed by atoms with Crippen LogP contribution in [0.25, 0.3) is 17.1 Å². The molecule has 1 amide bonds. The van der Waals surface area contributed by atoms with Crippen LogP contribution in [0.4, 0.5) is 0 Å². The summed E-state index contributed by atoms with van der Waals surface area (Å²) in [5.41, 5.74) is 1.77. The molecular weight excluding hydrogens is 374 g/mol. The van der Waals surface area contributed by atoms with E-state index in [1.807, 2.05) is 54.8 Å². The van der Waals surface area contributed by atoms with Gasteiger partial charge in [-0.1, -0.05) is 30.0 Å². The summed E-state index contributed by atoms with van der Waals surface area (Å²) in [4.78, 5) is 14.2. The normalized spacial score (nSPS) is 10.6. The molecule has 0 bridgehead atoms. The first-order valence-corrected chi connectivity index (χ1v) is 9.97. The summed E-state index contributed by atoms with van der Waals surface area (Å²) in [6.07, 6.45) is 1.95. The molecule has 144 valence electrons. The zero-order valence-electron chi connectivity index (χ0n) is 15.8. The van der Waals surface area contributed by atoms with Crippen molar-refractivity contribution in [2.24, 2.45) is 0 Å². The molecule has 0 saturated heterocycles. The monoisotopic (exact) mass is 395 g/mol. The molecule has 3 rings (SSSR count). The molecule has 0 atom stereocenters. The first kappa shape index (κ1) is 19.7. The third kappa shape index (κ3) is 4.26. The quantitative estimate of drug-likeness (QED) is 0.541. The van der Waals surface area contributed by atoms with E-state index >= 15 is 0 Å². The zero-order valence-corrected chi connectivity index (χ0v) is 16.6. The second-order valence-corrected chi connectivity index (χ2v) is 6.98. The Kier molecular flexibility index (Phi) is 6.50. The minimum atomic E-state index is -0.0218. The summed E-state index contributed by atoms with van der Waals surface area (Å²) in [6, 6.07) is 13.7. The number of benzene rings is 1. The first-order chi connectivity index (χ1) is 13.7. The van der Waals surface area contributed by atoms with Gasteiger partial charge in [-0.05, 0) is 32.0 Å². The highest BCUT2D eigenvalue weighted by Crippen LogP contribution is 2.30. The van der Waals surface area contributed by atoms with Gasteiger partial charge in [0, 0.05) is 18.8 Å². The van der Waals surface area contributed by atoms with E-state index < -0.39 is 0 Å². The molecule has 0 aliphatic carbocycles. The van der Waals surface area contributed by atoms with E-state index in [0.717, 1.165) is 17.0 Å². The molecule has 0 aliphatic heterocycles. The molecular formula is C20H21N5O2S. The van der Waals surface area contributed by atoms with Crippen molar-refractivity contribution in [2.75, 3.05) is 18.8 Å². The van der Waals surface area contributed by atoms with Gasteiger partial charge in [-0.25, -0.2) is 0 Å². The highest BCUT2D eigenvalue weighted by molar-refractivity contribution is 7.99. The maximum Gasteiger partial charge on any atom is 0.233 e. The van der Waals surface area contributed by atoms with Crippen LogP contribution in [0.15, 0.2) is 52.2 Å². The number of hydrogen-bond donors (Lipinski definition) is 0. The Labute approximate surface area is 168 Å². The summed E-state index contributed by atoms with van der Waals surface area (Å²) in [6.45, 7) is 4.80. The third-order valence-corrected chi connectivity index (χ3v) is 5.21. The van der Waals surface area contributed by atoms with Crippen molar-refractivity contribution in [3.63, 3.8) is 0 Å². The Hall–Kier alpha value is -3.05. The summed E-state index contributed by atoms with van der Waals surface area (Å²) >= 11 is 1.34. The number of hydrogen-bond acceptors (Lipinski definition) is 6. The van der Waals surface area contributed by atoms with Crippen molar-refractivity contribution in [1.82, 2.24) is 19.7 Å². The largest absolute Gasteiger partial charge is 0.469 e. The molecule has 0 saturated carbocycles. The molecule has 0 fully saturated rings. The number of carbonyl (C=O) groups excluding carboxylic acids is 1. The van der Waals surface area contributed by atoms with E-state index in [9.17, 15) is 4.79 Å². The van der Waals surface area contributed by atoms with Gasteiger partial charge in [-0.3, -0.25) is 9.36 Å². The number of nitriles is 1. The molecule has 2 aromatic heterocycles. The maximum atomic E-state index is 12.5. The number of rotatable bonds is 8. The molecule has 8 heteroatoms. The Balaban J connectivity index is 1.88. The standard InChI is InChI=1S/C20H21N5O2S/c1-3-24(12-7-11-21)18(26)14-28-20-23-22-19(17-10-13-27-15(17)2)25(20)16-8-5-4-6-9-16/h4-6,8-10,13H,3,7,12,14H2,1-2H3. The second kappa shape index (κ2) is 9.24. The van der Waals surface area contributed by atoms with Gasteiger partial charge < -0.3 is 9.32 Å². The van der Waals surface area contributed by atoms with E-state index in [-0.39, 0.29) is 11.7 Å². The topological polar surface area (TPSA) is 87.9 Å². The molecule has 7 nitrogen and oxygen atoms in total. The van der Waals surface area contributed by atoms with Crippen LogP contribution < -0.4 is 0 Å². The predicted molar refractivity (Wildman–Crippen MR) is 107 cm³/mol. The zero-order chi connectivity index (χ0) is 19.9. The molecule has 0 unspecified atom stereocenters. The Bertz CT molecular complexity index is 974. The van der Waals surface area contributed by atoms with Gasteiger partial charge in [0.2, 0.25) is 5.91 Å². The minimum Gasteiger partial charge on any atom is -0.469 e. The molecule has 0 N–H and O–H groups in total. The molecule has 1 aromatic carbocycles. The summed E-state index contributed by atoms with van der Waals surface area (Å²) < 4.78 is 7.36. The minimum absolute atomic E-state index is 0.0218. The average Bonchev–Trinajstić information content (AvgIpc) is 3.33. The van der Waals surface area contributed by atoms with Crippen LogP contribution in [0, 0.1) is 18.3 Å². The Morgan fingerprint density at radius 1 is 1.29 bits per heavy atom. The van der Waals surface area contributed by atoms with E-state index in [4.69, 9.17) is 9.68 Å². The van der Waals surface area contributed by atoms with Gasteiger partial charge in [0.1, 0.15) is 5.76 Å². The van der Waals surface area contributed by atoms with Crippen LogP contribution in [-0.2, 0) is 4.79 Å². The van der Waals surface area contributed by atoms with Crippen LogP contribution in [0.5, 0.6) is 0 Å². The lowest BCUT2D eigenvalue weighted by Crippen LogP contribution is -2.33. The van der Waals surface area contributed by atoms with Crippen LogP contribution in [-0.4, -0.2) is 44.4 Å². The number of para-hydroxylation sites is 1. The van der Waals surface area contributed by atoms with Gasteiger partial charge >= 0.3 is 0 Å². The van der Waals surface area contributed by atoms with Crippen LogP contribution in [0.3, 0.4) is 0 Å². The smallest absolute Gasteiger partial charge is 0.233 e. The van der Waals surface area contributed by atoms with Gasteiger partial charge in [-0.2, -0.15) is 5.26 Å². The third-order valence-electron chi connectivity index (χ3n) is 4.30. The molecule has 28 heavy (non-hydrogen) atoms. The molecule has 0 aliphatic rings. The first-order valence-electron chi connectivity index (χ1n) is 8.98. The van der Waals surface area contributed by atoms with E-state index in [0.29, 0.717) is 30.5 Å². The SMILES string of the molecule is CCN(CCC#N)C(=O)CSc1nnc(-c2ccoc2C)n1-c1ccccc1. The van der Waals surface area contributed by atoms with Crippen molar-refractivity contribution in [3.05, 3.63) is 48.4 Å². The van der Waals surface area contributed by atoms with Gasteiger partial charge in [0.05, 0.1) is 30.1 Å². The number of aryl methyl sites for hydroxylation is 1. The number of thioether (sulfide) groups is 1. The fraction of sp³-hybridized carbons (Fsp3) is 0.300. The number of aromatic nitrogens is 3. The van der Waals surface area contributed by atoms with E-state index in [1.54, 1.807) is 11.2 Å². The summed E-state index contributed by atoms with van der Waals surface area (Å²) in [7, 11) is 0. The molecule has 3 aromatic rings. The van der Waals surface area contributed by atoms with Crippen molar-refractivity contribution < 1.29 is 9.21 Å². The van der Waals surface area contributed by atoms with Crippen molar-refractivity contribution in [1.29, 1.82) is 5.26 Å². The predicted octanol–water partition coefficient (Wildman–Crippen LogP) is 3.69. The number of furan rings is 1. The van der Waals surface area contributed by atoms with Crippen LogP contribution in [0.1, 0.15) is 19.1 Å². The van der Waals surface area contributed by atoms with E-state index in [1.165, 1.54) is 11.8 Å². The molecule has 2 heterocycles. The van der Waals surface area contributed by atoms with Gasteiger partial charge in [0.15, 0.2) is 11.0 Å². The summed E-state index contributed by atoms with van der Waals surface area (Å²) in [5, 5.41) is 18.1. The van der Waals surface area contributed by atoms with Gasteiger partial charge in [0.25, 0.3) is 0 Å². The van der Waals surface area contributed by atoms with Crippen molar-refractivity contribution >= 4 is 17.7 Å². The summed E-state index contributed by atoms with van der Waals surface area (Å²) in [5.74, 6) is 1.63. The lowest BCUT2D eigenvalue weighted by molar-refractivity contribution is -0.128. The van der Waals surface area contributed by atoms with Crippen molar-refractivity contribution in [3.8, 4) is 23.1 Å². The molecule has 0 radical (unpaired) electrons. The highest BCUT2D eigenvalue weighted by atomic mass is 32.2. The lowest BCUT2D eigenvalue weighted by Gasteiger charge is -2.19. The second-order valence-electron chi connectivity index (χ2n) is 6.04. The van der Waals surface area contributed by atoms with Gasteiger partial charge in [-0.15, -0.1) is 10.2 Å². The highest BCUT2D eigenvalue weighted by Gasteiger charge is 2.20. The van der Waals surface area contributed by atoms with Crippen LogP contribution >= 0.6 is 11.8 Å². The fourth-order valence-electron chi connectivity index (χ4n) is 2.83. The van der Waals surface area contributed by atoms with E-state index in [2.05, 4.69) is 16.3 Å². The number of amides is 1. The number of carbonyl (C=O) groups is 1. The maximum absolute atomic E-state index is 12.5. The lowest BCUT2D eigenvalue weighted by atomic mass is 10.2. The number of nitrogens with zero attached hydrogens (tertiary/aromatic N) is 5. The Morgan fingerprint density at radius 3 is 2.71 bits per heavy atom. The fourth-order valence-corrected chi connectivity index (χ4v) is 3.68. The molecule has 0 spiro atoms.